The van der Waals surface area contributed by atoms with Gasteiger partial charge in [-0.15, -0.1) is 0 Å². The topological polar surface area (TPSA) is 26.2 Å². The highest BCUT2D eigenvalue weighted by Crippen LogP contribution is 2.26. The van der Waals surface area contributed by atoms with Gasteiger partial charge in [0.05, 0.1) is 12.8 Å². The number of aromatic nitrogens is 1. The predicted molar refractivity (Wildman–Crippen MR) is 75.2 cm³/mol. The third-order valence-corrected chi connectivity index (χ3v) is 3.51. The summed E-state index contributed by atoms with van der Waals surface area (Å²) in [4.78, 5) is 0. The third-order valence-electron chi connectivity index (χ3n) is 3.51. The zero-order valence-corrected chi connectivity index (χ0v) is 11.7. The fourth-order valence-corrected chi connectivity index (χ4v) is 2.11. The highest BCUT2D eigenvalue weighted by atomic mass is 19.1. The second kappa shape index (κ2) is 5.34. The van der Waals surface area contributed by atoms with Gasteiger partial charge in [0.2, 0.25) is 0 Å². The van der Waals surface area contributed by atoms with E-state index in [1.165, 1.54) is 36.2 Å². The van der Waals surface area contributed by atoms with E-state index in [0.717, 1.165) is 5.69 Å². The summed E-state index contributed by atoms with van der Waals surface area (Å²) in [6.45, 7) is 4.86. The van der Waals surface area contributed by atoms with Crippen molar-refractivity contribution in [1.82, 2.24) is 4.57 Å². The van der Waals surface area contributed by atoms with Crippen molar-refractivity contribution in [3.8, 4) is 5.75 Å². The number of rotatable bonds is 4. The number of anilines is 1. The molecule has 0 aliphatic heterocycles. The second-order valence-electron chi connectivity index (χ2n) is 4.65. The number of benzene rings is 1. The molecule has 1 heterocycles. The van der Waals surface area contributed by atoms with Crippen molar-refractivity contribution in [2.45, 2.75) is 20.4 Å². The number of ether oxygens (including phenoxy) is 1. The largest absolute Gasteiger partial charge is 0.494 e. The normalized spacial score (nSPS) is 10.6. The van der Waals surface area contributed by atoms with Gasteiger partial charge in [-0.1, -0.05) is 0 Å². The van der Waals surface area contributed by atoms with E-state index in [9.17, 15) is 4.39 Å². The summed E-state index contributed by atoms with van der Waals surface area (Å²) in [6, 6.07) is 6.65. The maximum atomic E-state index is 13.1. The zero-order chi connectivity index (χ0) is 14.0. The molecule has 2 rings (SSSR count). The first-order chi connectivity index (χ1) is 9.02. The standard InChI is InChI=1S/C15H19FN2O/c1-10-7-12(11(2)18(10)3)9-17-14-6-5-13(16)8-15(14)19-4/h5-8,17H,9H2,1-4H3. The van der Waals surface area contributed by atoms with E-state index in [2.05, 4.69) is 29.8 Å². The highest BCUT2D eigenvalue weighted by molar-refractivity contribution is 5.56. The minimum atomic E-state index is -0.297. The smallest absolute Gasteiger partial charge is 0.144 e. The monoisotopic (exact) mass is 262 g/mol. The van der Waals surface area contributed by atoms with Gasteiger partial charge in [0, 0.05) is 31.0 Å². The molecule has 0 amide bonds. The number of aryl methyl sites for hydroxylation is 1. The Morgan fingerprint density at radius 3 is 2.58 bits per heavy atom. The van der Waals surface area contributed by atoms with Gasteiger partial charge in [0.15, 0.2) is 0 Å². The number of hydrogen-bond donors (Lipinski definition) is 1. The van der Waals surface area contributed by atoms with Gasteiger partial charge in [-0.05, 0) is 37.6 Å². The summed E-state index contributed by atoms with van der Waals surface area (Å²) in [5.74, 6) is 0.222. The molecule has 19 heavy (non-hydrogen) atoms. The summed E-state index contributed by atoms with van der Waals surface area (Å²) in [7, 11) is 3.59. The Balaban J connectivity index is 2.16. The minimum Gasteiger partial charge on any atom is -0.494 e. The second-order valence-corrected chi connectivity index (χ2v) is 4.65. The molecule has 0 aliphatic carbocycles. The van der Waals surface area contributed by atoms with E-state index >= 15 is 0 Å². The molecule has 0 aliphatic rings. The van der Waals surface area contributed by atoms with Gasteiger partial charge in [-0.3, -0.25) is 0 Å². The third kappa shape index (κ3) is 2.72. The molecule has 0 saturated heterocycles. The Morgan fingerprint density at radius 1 is 1.26 bits per heavy atom. The average Bonchev–Trinajstić information content (AvgIpc) is 2.64. The molecular weight excluding hydrogens is 243 g/mol. The minimum absolute atomic E-state index is 0.297. The molecule has 0 unspecified atom stereocenters. The number of halogens is 1. The average molecular weight is 262 g/mol. The van der Waals surface area contributed by atoms with Crippen LogP contribution in [0.1, 0.15) is 17.0 Å². The molecule has 3 nitrogen and oxygen atoms in total. The van der Waals surface area contributed by atoms with Crippen LogP contribution in [-0.4, -0.2) is 11.7 Å². The summed E-state index contributed by atoms with van der Waals surface area (Å²) >= 11 is 0. The van der Waals surface area contributed by atoms with E-state index in [0.29, 0.717) is 12.3 Å². The Kier molecular flexibility index (Phi) is 3.79. The van der Waals surface area contributed by atoms with Crippen molar-refractivity contribution >= 4 is 5.69 Å². The van der Waals surface area contributed by atoms with Crippen LogP contribution < -0.4 is 10.1 Å². The molecule has 0 saturated carbocycles. The molecule has 0 bridgehead atoms. The Morgan fingerprint density at radius 2 is 2.00 bits per heavy atom. The maximum Gasteiger partial charge on any atom is 0.144 e. The van der Waals surface area contributed by atoms with E-state index in [1.54, 1.807) is 6.07 Å². The van der Waals surface area contributed by atoms with Crippen LogP contribution in [0, 0.1) is 19.7 Å². The Labute approximate surface area is 113 Å². The first-order valence-corrected chi connectivity index (χ1v) is 6.22. The molecule has 0 fully saturated rings. The lowest BCUT2D eigenvalue weighted by atomic mass is 10.2. The highest BCUT2D eigenvalue weighted by Gasteiger charge is 2.08. The maximum absolute atomic E-state index is 13.1. The van der Waals surface area contributed by atoms with Crippen LogP contribution in [0.3, 0.4) is 0 Å². The molecule has 1 aromatic carbocycles. The molecule has 1 N–H and O–H groups in total. The van der Waals surface area contributed by atoms with Gasteiger partial charge in [-0.25, -0.2) is 4.39 Å². The van der Waals surface area contributed by atoms with Gasteiger partial charge >= 0.3 is 0 Å². The van der Waals surface area contributed by atoms with E-state index in [1.807, 2.05) is 7.05 Å². The molecular formula is C15H19FN2O. The predicted octanol–water partition coefficient (Wildman–Crippen LogP) is 3.40. The van der Waals surface area contributed by atoms with Crippen molar-refractivity contribution in [3.05, 3.63) is 47.0 Å². The molecule has 0 radical (unpaired) electrons. The number of hydrogen-bond acceptors (Lipinski definition) is 2. The van der Waals surface area contributed by atoms with Crippen LogP contribution in [0.4, 0.5) is 10.1 Å². The fourth-order valence-electron chi connectivity index (χ4n) is 2.11. The first kappa shape index (κ1) is 13.5. The lowest BCUT2D eigenvalue weighted by Crippen LogP contribution is -2.03. The Hall–Kier alpha value is -1.97. The van der Waals surface area contributed by atoms with Crippen LogP contribution >= 0.6 is 0 Å². The molecule has 0 atom stereocenters. The van der Waals surface area contributed by atoms with E-state index in [-0.39, 0.29) is 5.82 Å². The fraction of sp³-hybridized carbons (Fsp3) is 0.333. The van der Waals surface area contributed by atoms with Crippen LogP contribution in [0.2, 0.25) is 0 Å². The van der Waals surface area contributed by atoms with Crippen LogP contribution in [0.15, 0.2) is 24.3 Å². The summed E-state index contributed by atoms with van der Waals surface area (Å²) in [5.41, 5.74) is 4.47. The van der Waals surface area contributed by atoms with Crippen molar-refractivity contribution < 1.29 is 9.13 Å². The lowest BCUT2D eigenvalue weighted by molar-refractivity contribution is 0.413. The van der Waals surface area contributed by atoms with Gasteiger partial charge in [0.25, 0.3) is 0 Å². The molecule has 1 aromatic heterocycles. The van der Waals surface area contributed by atoms with Crippen LogP contribution in [0.25, 0.3) is 0 Å². The summed E-state index contributed by atoms with van der Waals surface area (Å²) in [6.07, 6.45) is 0. The molecule has 0 spiro atoms. The SMILES string of the molecule is COc1cc(F)ccc1NCc1cc(C)n(C)c1C. The number of nitrogens with one attached hydrogen (secondary N) is 1. The van der Waals surface area contributed by atoms with Gasteiger partial charge < -0.3 is 14.6 Å². The quantitative estimate of drug-likeness (QED) is 0.914. The van der Waals surface area contributed by atoms with Crippen molar-refractivity contribution in [1.29, 1.82) is 0 Å². The van der Waals surface area contributed by atoms with Gasteiger partial charge in [0.1, 0.15) is 11.6 Å². The first-order valence-electron chi connectivity index (χ1n) is 6.22. The Bertz CT molecular complexity index is 590. The molecule has 4 heteroatoms. The zero-order valence-electron chi connectivity index (χ0n) is 11.7. The van der Waals surface area contributed by atoms with Crippen LogP contribution in [0.5, 0.6) is 5.75 Å². The van der Waals surface area contributed by atoms with Crippen molar-refractivity contribution in [3.63, 3.8) is 0 Å². The van der Waals surface area contributed by atoms with Crippen molar-refractivity contribution in [2.75, 3.05) is 12.4 Å². The van der Waals surface area contributed by atoms with E-state index < -0.39 is 0 Å². The molecule has 2 aromatic rings. The van der Waals surface area contributed by atoms with Gasteiger partial charge in [-0.2, -0.15) is 0 Å². The summed E-state index contributed by atoms with van der Waals surface area (Å²) < 4.78 is 20.4. The van der Waals surface area contributed by atoms with Crippen LogP contribution in [-0.2, 0) is 13.6 Å². The lowest BCUT2D eigenvalue weighted by Gasteiger charge is -2.11. The summed E-state index contributed by atoms with van der Waals surface area (Å²) in [5, 5.41) is 3.28. The molecule has 102 valence electrons. The number of nitrogens with zero attached hydrogens (tertiary/aromatic N) is 1. The number of methoxy groups -OCH3 is 1. The van der Waals surface area contributed by atoms with E-state index in [4.69, 9.17) is 4.74 Å². The van der Waals surface area contributed by atoms with Crippen molar-refractivity contribution in [2.24, 2.45) is 7.05 Å².